The Morgan fingerprint density at radius 3 is 1.33 bits per heavy atom. The van der Waals surface area contributed by atoms with Crippen LogP contribution in [0.25, 0.3) is 0 Å². The summed E-state index contributed by atoms with van der Waals surface area (Å²) in [6.45, 7) is 2.36. The first-order chi connectivity index (χ1) is 3.13. The molecule has 9 heavy (non-hydrogen) atoms. The second-order valence-corrected chi connectivity index (χ2v) is 1.09. The SMILES string of the molecule is CC(=O)OC(C)=O.[PbH2].[Y]. The molecule has 49 valence electrons. The number of hydrogen-bond acceptors (Lipinski definition) is 3. The quantitative estimate of drug-likeness (QED) is 0.303. The van der Waals surface area contributed by atoms with E-state index < -0.39 is 11.9 Å². The maximum atomic E-state index is 9.81. The van der Waals surface area contributed by atoms with Gasteiger partial charge in [0.2, 0.25) is 0 Å². The molecular weight excluding hydrogens is 392 g/mol. The molecule has 0 fully saturated rings. The number of carbonyl (C=O) groups excluding carboxylic acids is 2. The van der Waals surface area contributed by atoms with Crippen molar-refractivity contribution in [3.63, 3.8) is 0 Å². The van der Waals surface area contributed by atoms with Gasteiger partial charge in [0.25, 0.3) is 0 Å². The first kappa shape index (κ1) is 16.6. The summed E-state index contributed by atoms with van der Waals surface area (Å²) in [6, 6.07) is 0. The predicted octanol–water partition coefficient (Wildman–Crippen LogP) is -0.823. The van der Waals surface area contributed by atoms with Gasteiger partial charge in [-0.15, -0.1) is 0 Å². The van der Waals surface area contributed by atoms with Crippen molar-refractivity contribution >= 4 is 39.2 Å². The largest absolute Gasteiger partial charge is 0 e. The summed E-state index contributed by atoms with van der Waals surface area (Å²) in [6.07, 6.45) is 0. The van der Waals surface area contributed by atoms with Crippen molar-refractivity contribution in [2.24, 2.45) is 0 Å². The van der Waals surface area contributed by atoms with Crippen molar-refractivity contribution in [1.82, 2.24) is 0 Å². The van der Waals surface area contributed by atoms with E-state index in [-0.39, 0.29) is 60.0 Å². The molecule has 0 aliphatic heterocycles. The predicted molar refractivity (Wildman–Crippen MR) is 31.0 cm³/mol. The van der Waals surface area contributed by atoms with E-state index in [2.05, 4.69) is 4.74 Å². The van der Waals surface area contributed by atoms with Crippen molar-refractivity contribution in [2.75, 3.05) is 0 Å². The molecule has 0 aliphatic carbocycles. The zero-order valence-corrected chi connectivity index (χ0v) is 13.8. The van der Waals surface area contributed by atoms with E-state index in [0.29, 0.717) is 0 Å². The molecule has 0 unspecified atom stereocenters. The van der Waals surface area contributed by atoms with Gasteiger partial charge in [-0.25, -0.2) is 0 Å². The standard InChI is InChI=1S/C4H6O3.Pb.Y.2H/c1-3(5)7-4(2)6;;;;/h1-2H3;;;;. The number of carbonyl (C=O) groups is 2. The molecule has 0 aliphatic rings. The van der Waals surface area contributed by atoms with Gasteiger partial charge in [0.15, 0.2) is 0 Å². The topological polar surface area (TPSA) is 43.4 Å². The molecule has 0 aromatic carbocycles. The Morgan fingerprint density at radius 2 is 1.33 bits per heavy atom. The molecule has 0 spiro atoms. The fraction of sp³-hybridized carbons (Fsp3) is 0.500. The summed E-state index contributed by atoms with van der Waals surface area (Å²) >= 11 is 0. The molecule has 0 N–H and O–H groups in total. The number of rotatable bonds is 0. The van der Waals surface area contributed by atoms with Gasteiger partial charge in [-0.3, -0.25) is 9.59 Å². The first-order valence-corrected chi connectivity index (χ1v) is 1.82. The van der Waals surface area contributed by atoms with Gasteiger partial charge in [-0.05, 0) is 0 Å². The van der Waals surface area contributed by atoms with Crippen LogP contribution in [0.3, 0.4) is 0 Å². The Bertz CT molecular complexity index is 92.0. The summed E-state index contributed by atoms with van der Waals surface area (Å²) in [5, 5.41) is 0. The minimum Gasteiger partial charge on any atom is 0 e. The van der Waals surface area contributed by atoms with Crippen molar-refractivity contribution in [1.29, 1.82) is 0 Å². The minimum absolute atomic E-state index is 0. The van der Waals surface area contributed by atoms with E-state index in [0.717, 1.165) is 0 Å². The summed E-state index contributed by atoms with van der Waals surface area (Å²) in [7, 11) is 0. The van der Waals surface area contributed by atoms with Gasteiger partial charge in [0.1, 0.15) is 0 Å². The molecule has 0 bridgehead atoms. The molecule has 0 heterocycles. The summed E-state index contributed by atoms with van der Waals surface area (Å²) in [5.74, 6) is -1.12. The summed E-state index contributed by atoms with van der Waals surface area (Å²) in [5.41, 5.74) is 0. The fourth-order valence-corrected chi connectivity index (χ4v) is 0.202. The van der Waals surface area contributed by atoms with Crippen LogP contribution in [0.5, 0.6) is 0 Å². The van der Waals surface area contributed by atoms with Crippen LogP contribution in [-0.2, 0) is 47.0 Å². The number of hydrogen-bond donors (Lipinski definition) is 0. The molecular formula is C4H8O3PbY. The van der Waals surface area contributed by atoms with Crippen LogP contribution < -0.4 is 0 Å². The molecule has 5 heteroatoms. The third-order valence-corrected chi connectivity index (χ3v) is 0.287. The normalized spacial score (nSPS) is 6.00. The zero-order chi connectivity index (χ0) is 5.86. The molecule has 0 rings (SSSR count). The smallest absolute Gasteiger partial charge is 0 e. The minimum atomic E-state index is -0.562. The van der Waals surface area contributed by atoms with Gasteiger partial charge < -0.3 is 4.74 Å². The molecule has 3 nitrogen and oxygen atoms in total. The van der Waals surface area contributed by atoms with E-state index in [1.54, 1.807) is 0 Å². The molecule has 0 aromatic heterocycles. The summed E-state index contributed by atoms with van der Waals surface area (Å²) < 4.78 is 3.97. The van der Waals surface area contributed by atoms with E-state index in [1.807, 2.05) is 0 Å². The molecule has 0 saturated carbocycles. The van der Waals surface area contributed by atoms with Crippen LogP contribution >= 0.6 is 0 Å². The van der Waals surface area contributed by atoms with Crippen LogP contribution in [0.2, 0.25) is 0 Å². The molecule has 0 atom stereocenters. The van der Waals surface area contributed by atoms with Crippen LogP contribution in [-0.4, -0.2) is 39.2 Å². The van der Waals surface area contributed by atoms with E-state index in [4.69, 9.17) is 0 Å². The van der Waals surface area contributed by atoms with E-state index in [1.165, 1.54) is 13.8 Å². The average molecular weight is 400 g/mol. The second kappa shape index (κ2) is 9.17. The van der Waals surface area contributed by atoms with Gasteiger partial charge in [0, 0.05) is 46.6 Å². The van der Waals surface area contributed by atoms with E-state index in [9.17, 15) is 9.59 Å². The summed E-state index contributed by atoms with van der Waals surface area (Å²) in [4.78, 5) is 19.6. The Balaban J connectivity index is -0.000000180. The van der Waals surface area contributed by atoms with Gasteiger partial charge in [-0.1, -0.05) is 0 Å². The Morgan fingerprint density at radius 1 is 1.11 bits per heavy atom. The zero-order valence-electron chi connectivity index (χ0n) is 5.51. The Labute approximate surface area is 98.9 Å². The molecule has 0 amide bonds. The van der Waals surface area contributed by atoms with Crippen LogP contribution in [0, 0.1) is 0 Å². The van der Waals surface area contributed by atoms with Crippen LogP contribution in [0.4, 0.5) is 0 Å². The van der Waals surface area contributed by atoms with Crippen molar-refractivity contribution in [2.45, 2.75) is 13.8 Å². The second-order valence-electron chi connectivity index (χ2n) is 1.09. The number of ether oxygens (including phenoxy) is 1. The average Bonchev–Trinajstić information content (AvgIpc) is 1.27. The van der Waals surface area contributed by atoms with Crippen molar-refractivity contribution in [3.8, 4) is 0 Å². The Kier molecular flexibility index (Phi) is 16.9. The monoisotopic (exact) mass is 401 g/mol. The third kappa shape index (κ3) is 17.6. The number of esters is 2. The fourth-order valence-electron chi connectivity index (χ4n) is 0.202. The van der Waals surface area contributed by atoms with Gasteiger partial charge in [-0.2, -0.15) is 0 Å². The van der Waals surface area contributed by atoms with Crippen molar-refractivity contribution < 1.29 is 47.0 Å². The third-order valence-electron chi connectivity index (χ3n) is 0.287. The van der Waals surface area contributed by atoms with Crippen molar-refractivity contribution in [3.05, 3.63) is 0 Å². The Hall–Kier alpha value is 1.17. The molecule has 0 aromatic rings. The maximum absolute atomic E-state index is 9.81. The van der Waals surface area contributed by atoms with Crippen LogP contribution in [0.15, 0.2) is 0 Å². The van der Waals surface area contributed by atoms with Gasteiger partial charge in [0.05, 0.1) is 0 Å². The van der Waals surface area contributed by atoms with E-state index >= 15 is 0 Å². The van der Waals surface area contributed by atoms with Gasteiger partial charge >= 0.3 is 39.2 Å². The first-order valence-electron chi connectivity index (χ1n) is 1.82. The molecule has 0 saturated heterocycles. The molecule has 3 radical (unpaired) electrons. The van der Waals surface area contributed by atoms with Crippen LogP contribution in [0.1, 0.15) is 13.8 Å². The maximum Gasteiger partial charge on any atom is 0 e.